The predicted molar refractivity (Wildman–Crippen MR) is 168 cm³/mol. The molecule has 10 heteroatoms. The Balaban J connectivity index is 0.00000162. The van der Waals surface area contributed by atoms with Crippen LogP contribution < -0.4 is 25.6 Å². The van der Waals surface area contributed by atoms with Crippen LogP contribution in [0.5, 0.6) is 5.75 Å². The zero-order valence-electron chi connectivity index (χ0n) is 25.0. The van der Waals surface area contributed by atoms with E-state index in [1.807, 2.05) is 74.5 Å². The minimum atomic E-state index is -0.853. The van der Waals surface area contributed by atoms with E-state index in [-0.39, 0.29) is 30.9 Å². The molecule has 2 amide bonds. The molecule has 0 bridgehead atoms. The molecule has 43 heavy (non-hydrogen) atoms. The largest absolute Gasteiger partial charge is 0.497 e. The van der Waals surface area contributed by atoms with E-state index < -0.39 is 12.1 Å². The first-order chi connectivity index (χ1) is 20.8. The van der Waals surface area contributed by atoms with Gasteiger partial charge in [0.05, 0.1) is 19.3 Å². The van der Waals surface area contributed by atoms with Gasteiger partial charge in [0, 0.05) is 49.0 Å². The third-order valence-electron chi connectivity index (χ3n) is 7.25. The second-order valence-electron chi connectivity index (χ2n) is 10.3. The van der Waals surface area contributed by atoms with Crippen molar-refractivity contribution in [2.45, 2.75) is 51.3 Å². The number of aliphatic hydroxyl groups is 1. The molecule has 3 aromatic carbocycles. The van der Waals surface area contributed by atoms with Crippen molar-refractivity contribution in [1.82, 2.24) is 10.6 Å². The molecular weight excluding hydrogens is 548 g/mol. The highest BCUT2D eigenvalue weighted by Gasteiger charge is 2.26. The number of anilines is 2. The smallest absolute Gasteiger partial charge is 0.290 e. The number of hydrogen-bond acceptors (Lipinski definition) is 7. The van der Waals surface area contributed by atoms with Gasteiger partial charge in [-0.1, -0.05) is 42.5 Å². The number of methoxy groups -OCH3 is 1. The van der Waals surface area contributed by atoms with E-state index in [1.165, 1.54) is 0 Å². The van der Waals surface area contributed by atoms with Gasteiger partial charge in [-0.05, 0) is 68.1 Å². The number of rotatable bonds is 13. The Morgan fingerprint density at radius 1 is 1.09 bits per heavy atom. The highest BCUT2D eigenvalue weighted by atomic mass is 16.5. The molecular formula is C33H42N4O6. The van der Waals surface area contributed by atoms with Gasteiger partial charge < -0.3 is 35.8 Å². The number of nitrogens with one attached hydrogen (secondary N) is 3. The molecule has 1 aliphatic rings. The molecule has 4 rings (SSSR count). The summed E-state index contributed by atoms with van der Waals surface area (Å²) in [6.07, 6.45) is 0.930. The maximum Gasteiger partial charge on any atom is 0.290 e. The summed E-state index contributed by atoms with van der Waals surface area (Å²) >= 11 is 0. The van der Waals surface area contributed by atoms with Crippen molar-refractivity contribution in [1.29, 1.82) is 0 Å². The zero-order chi connectivity index (χ0) is 31.2. The molecule has 10 nitrogen and oxygen atoms in total. The Hall–Kier alpha value is -4.41. The van der Waals surface area contributed by atoms with Gasteiger partial charge in [-0.25, -0.2) is 0 Å². The van der Waals surface area contributed by atoms with Crippen LogP contribution >= 0.6 is 0 Å². The van der Waals surface area contributed by atoms with Gasteiger partial charge in [-0.2, -0.15) is 0 Å². The summed E-state index contributed by atoms with van der Waals surface area (Å²) in [5, 5.41) is 27.9. The monoisotopic (exact) mass is 590 g/mol. The topological polar surface area (TPSA) is 140 Å². The summed E-state index contributed by atoms with van der Waals surface area (Å²) in [6, 6.07) is 22.5. The average Bonchev–Trinajstić information content (AvgIpc) is 3.46. The molecule has 1 heterocycles. The minimum absolute atomic E-state index is 0.0322. The van der Waals surface area contributed by atoms with E-state index in [0.29, 0.717) is 37.2 Å². The fraction of sp³-hybridized carbons (Fsp3) is 0.364. The molecule has 1 saturated heterocycles. The highest BCUT2D eigenvalue weighted by molar-refractivity contribution is 6.00. The molecule has 0 spiro atoms. The van der Waals surface area contributed by atoms with Crippen molar-refractivity contribution in [2.75, 3.05) is 37.0 Å². The number of aliphatic hydroxyl groups excluding tert-OH is 1. The van der Waals surface area contributed by atoms with E-state index in [2.05, 4.69) is 16.0 Å². The van der Waals surface area contributed by atoms with E-state index >= 15 is 0 Å². The SMILES string of the molecule is CCNc1cc(C(=O)N[C@@H](Cc2ccccc2)[C@H](O)CN[C@@H](C)c2cccc(OC)c2)cc(N2CCCC2=O)c1.O=CO. The van der Waals surface area contributed by atoms with Gasteiger partial charge in [-0.3, -0.25) is 14.4 Å². The van der Waals surface area contributed by atoms with Crippen molar-refractivity contribution in [2.24, 2.45) is 0 Å². The van der Waals surface area contributed by atoms with Gasteiger partial charge in [0.2, 0.25) is 5.91 Å². The van der Waals surface area contributed by atoms with E-state index in [4.69, 9.17) is 14.6 Å². The summed E-state index contributed by atoms with van der Waals surface area (Å²) in [5.74, 6) is 0.540. The molecule has 0 aromatic heterocycles. The van der Waals surface area contributed by atoms with Crippen molar-refractivity contribution in [3.8, 4) is 5.75 Å². The number of carbonyl (C=O) groups excluding carboxylic acids is 2. The molecule has 3 aromatic rings. The predicted octanol–water partition coefficient (Wildman–Crippen LogP) is 4.01. The Morgan fingerprint density at radius 2 is 1.84 bits per heavy atom. The van der Waals surface area contributed by atoms with Crippen LogP contribution in [-0.4, -0.2) is 67.4 Å². The van der Waals surface area contributed by atoms with Crippen LogP contribution in [0.25, 0.3) is 0 Å². The second kappa shape index (κ2) is 16.9. The van der Waals surface area contributed by atoms with Crippen LogP contribution in [0.1, 0.15) is 54.2 Å². The van der Waals surface area contributed by atoms with E-state index in [1.54, 1.807) is 24.1 Å². The van der Waals surface area contributed by atoms with Crippen LogP contribution in [0.15, 0.2) is 72.8 Å². The van der Waals surface area contributed by atoms with Gasteiger partial charge >= 0.3 is 0 Å². The van der Waals surface area contributed by atoms with Gasteiger partial charge in [0.25, 0.3) is 12.4 Å². The van der Waals surface area contributed by atoms with Crippen LogP contribution in [0.3, 0.4) is 0 Å². The average molecular weight is 591 g/mol. The Bertz CT molecular complexity index is 1340. The number of amides is 2. The molecule has 1 fully saturated rings. The number of ether oxygens (including phenoxy) is 1. The number of nitrogens with zero attached hydrogens (tertiary/aromatic N) is 1. The third-order valence-corrected chi connectivity index (χ3v) is 7.25. The Kier molecular flexibility index (Phi) is 13.0. The molecule has 5 N–H and O–H groups in total. The number of benzene rings is 3. The minimum Gasteiger partial charge on any atom is -0.497 e. The number of carbonyl (C=O) groups is 3. The van der Waals surface area contributed by atoms with Crippen molar-refractivity contribution >= 4 is 29.7 Å². The summed E-state index contributed by atoms with van der Waals surface area (Å²) in [5.41, 5.74) is 3.98. The first kappa shape index (κ1) is 33.1. The number of carboxylic acid groups (broad SMARTS) is 1. The first-order valence-electron chi connectivity index (χ1n) is 14.5. The fourth-order valence-electron chi connectivity index (χ4n) is 5.00. The maximum atomic E-state index is 13.6. The van der Waals surface area contributed by atoms with E-state index in [9.17, 15) is 14.7 Å². The van der Waals surface area contributed by atoms with Crippen LogP contribution in [0.4, 0.5) is 11.4 Å². The third kappa shape index (κ3) is 9.83. The molecule has 1 aliphatic heterocycles. The van der Waals surface area contributed by atoms with Crippen LogP contribution in [0, 0.1) is 0 Å². The Labute approximate surface area is 253 Å². The van der Waals surface area contributed by atoms with Gasteiger partial charge in [0.15, 0.2) is 0 Å². The first-order valence-corrected chi connectivity index (χ1v) is 14.5. The lowest BCUT2D eigenvalue weighted by atomic mass is 9.99. The summed E-state index contributed by atoms with van der Waals surface area (Å²) in [4.78, 5) is 36.1. The van der Waals surface area contributed by atoms with E-state index in [0.717, 1.165) is 29.0 Å². The molecule has 230 valence electrons. The van der Waals surface area contributed by atoms with Crippen LogP contribution in [-0.2, 0) is 16.0 Å². The quantitative estimate of drug-likeness (QED) is 0.188. The van der Waals surface area contributed by atoms with Crippen molar-refractivity contribution in [3.63, 3.8) is 0 Å². The fourth-order valence-corrected chi connectivity index (χ4v) is 5.00. The lowest BCUT2D eigenvalue weighted by Crippen LogP contribution is -2.49. The van der Waals surface area contributed by atoms with Crippen molar-refractivity contribution < 1.29 is 29.3 Å². The lowest BCUT2D eigenvalue weighted by Gasteiger charge is -2.27. The molecule has 0 unspecified atom stereocenters. The molecule has 0 radical (unpaired) electrons. The standard InChI is InChI=1S/C32H40N4O4.CH2O2/c1-4-33-26-17-25(18-27(20-26)36-15-9-14-31(36)38)32(39)35-29(16-23-10-6-5-7-11-23)30(37)21-34-22(2)24-12-8-13-28(19-24)40-3;2-1-3/h5-8,10-13,17-20,22,29-30,33-34,37H,4,9,14-16,21H2,1-3H3,(H,35,39);1H,(H,2,3)/t22-,29-,30+;/m0./s1. The zero-order valence-corrected chi connectivity index (χ0v) is 25.0. The molecule has 3 atom stereocenters. The summed E-state index contributed by atoms with van der Waals surface area (Å²) in [7, 11) is 1.64. The maximum absolute atomic E-state index is 13.6. The normalized spacial score (nSPS) is 14.6. The number of hydrogen-bond donors (Lipinski definition) is 5. The second-order valence-corrected chi connectivity index (χ2v) is 10.3. The van der Waals surface area contributed by atoms with Gasteiger partial charge in [-0.15, -0.1) is 0 Å². The molecule has 0 saturated carbocycles. The highest BCUT2D eigenvalue weighted by Crippen LogP contribution is 2.27. The van der Waals surface area contributed by atoms with Crippen molar-refractivity contribution in [3.05, 3.63) is 89.5 Å². The lowest BCUT2D eigenvalue weighted by molar-refractivity contribution is -0.123. The Morgan fingerprint density at radius 3 is 2.49 bits per heavy atom. The summed E-state index contributed by atoms with van der Waals surface area (Å²) < 4.78 is 5.34. The summed E-state index contributed by atoms with van der Waals surface area (Å²) in [6.45, 7) is 5.37. The van der Waals surface area contributed by atoms with Gasteiger partial charge in [0.1, 0.15) is 5.75 Å². The molecule has 0 aliphatic carbocycles. The van der Waals surface area contributed by atoms with Crippen LogP contribution in [0.2, 0.25) is 0 Å².